The third-order valence-electron chi connectivity index (χ3n) is 5.23. The normalized spacial score (nSPS) is 18.0. The van der Waals surface area contributed by atoms with Gasteiger partial charge in [-0.05, 0) is 37.1 Å². The Kier molecular flexibility index (Phi) is 6.57. The summed E-state index contributed by atoms with van der Waals surface area (Å²) in [6.07, 6.45) is -0.488. The number of rotatable bonds is 8. The number of carbonyl (C=O) groups excluding carboxylic acids is 4. The number of ketones is 1. The maximum Gasteiger partial charge on any atom is 0.292 e. The van der Waals surface area contributed by atoms with Gasteiger partial charge in [-0.25, -0.2) is 0 Å². The fourth-order valence-electron chi connectivity index (χ4n) is 3.54. The maximum atomic E-state index is 12.8. The van der Waals surface area contributed by atoms with Crippen LogP contribution in [0.2, 0.25) is 0 Å². The molecule has 2 aliphatic rings. The molecule has 0 aliphatic carbocycles. The molecule has 0 bridgehead atoms. The van der Waals surface area contributed by atoms with Crippen LogP contribution in [-0.4, -0.2) is 58.0 Å². The van der Waals surface area contributed by atoms with Crippen LogP contribution >= 0.6 is 11.8 Å². The molecule has 1 saturated heterocycles. The number of benzene rings is 2. The van der Waals surface area contributed by atoms with E-state index in [0.717, 1.165) is 5.56 Å². The molecule has 2 aromatic carbocycles. The largest absolute Gasteiger partial charge is 0.472 e. The molecule has 2 aliphatic heterocycles. The Morgan fingerprint density at radius 1 is 1.16 bits per heavy atom. The maximum absolute atomic E-state index is 12.8. The second kappa shape index (κ2) is 9.54. The first-order valence-electron chi connectivity index (χ1n) is 10.2. The Bertz CT molecular complexity index is 1060. The van der Waals surface area contributed by atoms with E-state index >= 15 is 0 Å². The van der Waals surface area contributed by atoms with E-state index in [1.165, 1.54) is 16.7 Å². The van der Waals surface area contributed by atoms with E-state index in [9.17, 15) is 19.2 Å². The van der Waals surface area contributed by atoms with Gasteiger partial charge in [-0.1, -0.05) is 30.3 Å². The van der Waals surface area contributed by atoms with Crippen LogP contribution in [0.3, 0.4) is 0 Å². The van der Waals surface area contributed by atoms with Crippen molar-refractivity contribution in [1.82, 2.24) is 9.80 Å². The summed E-state index contributed by atoms with van der Waals surface area (Å²) in [7, 11) is 0. The highest BCUT2D eigenvalue weighted by Crippen LogP contribution is 2.29. The zero-order valence-corrected chi connectivity index (χ0v) is 18.3. The van der Waals surface area contributed by atoms with Crippen LogP contribution in [-0.2, 0) is 16.1 Å². The molecule has 0 radical (unpaired) electrons. The van der Waals surface area contributed by atoms with Gasteiger partial charge < -0.3 is 14.4 Å². The van der Waals surface area contributed by atoms with Crippen LogP contribution in [0.1, 0.15) is 39.6 Å². The Morgan fingerprint density at radius 2 is 1.94 bits per heavy atom. The quantitative estimate of drug-likeness (QED) is 0.446. The minimum Gasteiger partial charge on any atom is -0.472 e. The van der Waals surface area contributed by atoms with Crippen LogP contribution in [0.4, 0.5) is 4.79 Å². The zero-order valence-electron chi connectivity index (χ0n) is 17.5. The monoisotopic (exact) mass is 454 g/mol. The fraction of sp³-hybridized carbons (Fsp3) is 0.304. The van der Waals surface area contributed by atoms with Crippen LogP contribution in [0.15, 0.2) is 48.5 Å². The predicted octanol–water partition coefficient (Wildman–Crippen LogP) is 3.31. The average Bonchev–Trinajstić information content (AvgIpc) is 3.05. The number of amides is 2. The molecule has 1 fully saturated rings. The third-order valence-corrected chi connectivity index (χ3v) is 6.04. The molecule has 0 N–H and O–H groups in total. The van der Waals surface area contributed by atoms with E-state index in [-0.39, 0.29) is 41.9 Å². The number of fused-ring (bicyclic) bond motifs is 1. The van der Waals surface area contributed by atoms with E-state index in [0.29, 0.717) is 41.6 Å². The predicted molar refractivity (Wildman–Crippen MR) is 117 cm³/mol. The Morgan fingerprint density at radius 3 is 2.69 bits per heavy atom. The van der Waals surface area contributed by atoms with Gasteiger partial charge in [0.25, 0.3) is 11.1 Å². The minimum atomic E-state index is -0.945. The summed E-state index contributed by atoms with van der Waals surface area (Å²) >= 11 is 0.649. The summed E-state index contributed by atoms with van der Waals surface area (Å²) in [6.45, 7) is 2.38. The van der Waals surface area contributed by atoms with E-state index in [1.807, 2.05) is 30.3 Å². The van der Waals surface area contributed by atoms with Gasteiger partial charge in [-0.15, -0.1) is 0 Å². The molecule has 2 heterocycles. The van der Waals surface area contributed by atoms with Crippen molar-refractivity contribution >= 4 is 33.8 Å². The lowest BCUT2D eigenvalue weighted by Gasteiger charge is -2.29. The van der Waals surface area contributed by atoms with Gasteiger partial charge in [-0.2, -0.15) is 0 Å². The second-order valence-electron chi connectivity index (χ2n) is 7.49. The Labute approximate surface area is 189 Å². The average molecular weight is 455 g/mol. The van der Waals surface area contributed by atoms with Crippen LogP contribution < -0.4 is 4.74 Å². The van der Waals surface area contributed by atoms with Crippen molar-refractivity contribution in [3.63, 3.8) is 0 Å². The van der Waals surface area contributed by atoms with Crippen molar-refractivity contribution in [1.29, 1.82) is 0 Å². The first-order valence-corrected chi connectivity index (χ1v) is 11.0. The van der Waals surface area contributed by atoms with Gasteiger partial charge in [0, 0.05) is 30.4 Å². The number of carbonyl (C=O) groups is 4. The van der Waals surface area contributed by atoms with Crippen LogP contribution in [0, 0.1) is 0 Å². The number of nitrogens with zero attached hydrogens (tertiary/aromatic N) is 2. The summed E-state index contributed by atoms with van der Waals surface area (Å²) in [5, 5.41) is -0.671. The molecular formula is C23H22N2O6S. The second-order valence-corrected chi connectivity index (χ2v) is 8.44. The Balaban J connectivity index is 1.32. The highest BCUT2D eigenvalue weighted by molar-refractivity contribution is 8.26. The number of ether oxygens (including phenoxy) is 2. The van der Waals surface area contributed by atoms with E-state index < -0.39 is 6.23 Å². The van der Waals surface area contributed by atoms with Crippen molar-refractivity contribution in [2.45, 2.75) is 26.1 Å². The summed E-state index contributed by atoms with van der Waals surface area (Å²) < 4.78 is 11.4. The summed E-state index contributed by atoms with van der Waals surface area (Å²) in [4.78, 5) is 51.7. The number of thioether (sulfide) groups is 1. The summed E-state index contributed by atoms with van der Waals surface area (Å²) in [5.41, 5.74) is 1.71. The van der Waals surface area contributed by atoms with E-state index in [1.54, 1.807) is 18.2 Å². The van der Waals surface area contributed by atoms with Gasteiger partial charge in [0.05, 0.1) is 12.2 Å². The van der Waals surface area contributed by atoms with Gasteiger partial charge in [-0.3, -0.25) is 24.1 Å². The van der Waals surface area contributed by atoms with Gasteiger partial charge in [0.1, 0.15) is 5.75 Å². The standard InChI is InChI=1S/C23H22N2O6S/c1-15(26)17-8-9-19-18(12-17)20(27)24(14-31-19)10-5-11-30-21-22(28)32-23(29)25(21)13-16-6-3-2-4-7-16/h2-4,6-9,12,21H,5,10-11,13-14H2,1H3. The molecule has 4 rings (SSSR count). The lowest BCUT2D eigenvalue weighted by atomic mass is 10.1. The van der Waals surface area contributed by atoms with Crippen molar-refractivity contribution in [2.24, 2.45) is 0 Å². The van der Waals surface area contributed by atoms with Crippen molar-refractivity contribution in [3.8, 4) is 5.75 Å². The smallest absolute Gasteiger partial charge is 0.292 e. The first-order chi connectivity index (χ1) is 15.4. The molecule has 1 unspecified atom stereocenters. The highest BCUT2D eigenvalue weighted by Gasteiger charge is 2.40. The van der Waals surface area contributed by atoms with E-state index in [4.69, 9.17) is 9.47 Å². The lowest BCUT2D eigenvalue weighted by molar-refractivity contribution is -0.129. The highest BCUT2D eigenvalue weighted by atomic mass is 32.2. The zero-order chi connectivity index (χ0) is 22.7. The minimum absolute atomic E-state index is 0.0993. The summed E-state index contributed by atoms with van der Waals surface area (Å²) in [6, 6.07) is 14.2. The van der Waals surface area contributed by atoms with Gasteiger partial charge >= 0.3 is 0 Å². The third kappa shape index (κ3) is 4.68. The number of Topliss-reactive ketones (excluding diaryl/α,β-unsaturated/α-hetero) is 1. The topological polar surface area (TPSA) is 93.2 Å². The Hall–Kier alpha value is -3.17. The lowest BCUT2D eigenvalue weighted by Crippen LogP contribution is -2.40. The molecule has 9 heteroatoms. The first kappa shape index (κ1) is 22.0. The van der Waals surface area contributed by atoms with Gasteiger partial charge in [0.15, 0.2) is 12.5 Å². The van der Waals surface area contributed by atoms with Crippen LogP contribution in [0.5, 0.6) is 5.75 Å². The molecule has 1 atom stereocenters. The molecule has 2 amide bonds. The SMILES string of the molecule is CC(=O)c1ccc2c(c1)C(=O)N(CCCOC1C(=O)SC(=O)N1Cc1ccccc1)CO2. The van der Waals surface area contributed by atoms with Crippen molar-refractivity contribution < 1.29 is 28.7 Å². The van der Waals surface area contributed by atoms with Crippen molar-refractivity contribution in [2.75, 3.05) is 19.9 Å². The molecular weight excluding hydrogens is 432 g/mol. The molecule has 8 nitrogen and oxygen atoms in total. The molecule has 166 valence electrons. The molecule has 0 saturated carbocycles. The fourth-order valence-corrected chi connectivity index (χ4v) is 4.28. The molecule has 2 aromatic rings. The molecule has 0 aromatic heterocycles. The number of hydrogen-bond donors (Lipinski definition) is 0. The van der Waals surface area contributed by atoms with Gasteiger partial charge in [0.2, 0.25) is 11.3 Å². The summed E-state index contributed by atoms with van der Waals surface area (Å²) in [5.74, 6) is 0.110. The molecule has 0 spiro atoms. The van der Waals surface area contributed by atoms with E-state index in [2.05, 4.69) is 0 Å². The van der Waals surface area contributed by atoms with Crippen molar-refractivity contribution in [3.05, 3.63) is 65.2 Å². The van der Waals surface area contributed by atoms with Crippen LogP contribution in [0.25, 0.3) is 0 Å². The number of hydrogen-bond acceptors (Lipinski definition) is 7. The molecule has 32 heavy (non-hydrogen) atoms.